The Labute approximate surface area is 212 Å². The van der Waals surface area contributed by atoms with Crippen molar-refractivity contribution < 1.29 is 46.4 Å². The normalized spacial score (nSPS) is 14.3. The van der Waals surface area contributed by atoms with Crippen LogP contribution in [0.5, 0.6) is 5.75 Å². The minimum absolute atomic E-state index is 0.0740. The first-order valence-corrected chi connectivity index (χ1v) is 11.7. The molecule has 0 radical (unpaired) electrons. The summed E-state index contributed by atoms with van der Waals surface area (Å²) in [5.74, 6) is 0.538. The number of aryl methyl sites for hydroxylation is 2. The maximum absolute atomic E-state index is 13.0. The van der Waals surface area contributed by atoms with Gasteiger partial charge in [-0.25, -0.2) is 0 Å². The zero-order valence-electron chi connectivity index (χ0n) is 21.0. The van der Waals surface area contributed by atoms with Crippen molar-refractivity contribution >= 4 is 6.08 Å². The second-order valence-corrected chi connectivity index (χ2v) is 9.08. The standard InChI is InChI=1S/C27H32F6O4/c1-5-24(6-2,21-9-10-23(18(4)14-21)37-16-22(35)15-34)20-8-7-19(17(3)13-20)11-12-25(36,26(28,29)30)27(31,32)33/h7-14,22,34-36H,5-6,15-16H2,1-4H3. The van der Waals surface area contributed by atoms with Crippen LogP contribution in [0.3, 0.4) is 0 Å². The van der Waals surface area contributed by atoms with Gasteiger partial charge in [-0.2, -0.15) is 26.3 Å². The Morgan fingerprint density at radius 1 is 0.865 bits per heavy atom. The predicted octanol–water partition coefficient (Wildman–Crippen LogP) is 6.01. The number of hydrogen-bond donors (Lipinski definition) is 3. The van der Waals surface area contributed by atoms with Crippen LogP contribution in [0.1, 0.15) is 54.5 Å². The van der Waals surface area contributed by atoms with Gasteiger partial charge in [0.15, 0.2) is 0 Å². The number of benzene rings is 2. The molecule has 0 amide bonds. The third-order valence-corrected chi connectivity index (χ3v) is 6.77. The Morgan fingerprint density at radius 2 is 1.38 bits per heavy atom. The highest BCUT2D eigenvalue weighted by molar-refractivity contribution is 5.57. The average Bonchev–Trinajstić information content (AvgIpc) is 2.82. The van der Waals surface area contributed by atoms with Gasteiger partial charge in [0, 0.05) is 5.41 Å². The van der Waals surface area contributed by atoms with E-state index in [1.807, 2.05) is 32.9 Å². The second-order valence-electron chi connectivity index (χ2n) is 9.08. The molecule has 0 aliphatic heterocycles. The fourth-order valence-electron chi connectivity index (χ4n) is 4.30. The largest absolute Gasteiger partial charge is 0.491 e. The van der Waals surface area contributed by atoms with Crippen molar-refractivity contribution in [3.8, 4) is 5.75 Å². The van der Waals surface area contributed by atoms with Crippen LogP contribution in [0, 0.1) is 13.8 Å². The van der Waals surface area contributed by atoms with Gasteiger partial charge in [0.25, 0.3) is 5.60 Å². The summed E-state index contributed by atoms with van der Waals surface area (Å²) in [5, 5.41) is 27.9. The molecule has 0 saturated carbocycles. The molecule has 0 bridgehead atoms. The molecule has 0 aliphatic rings. The van der Waals surface area contributed by atoms with Crippen LogP contribution in [-0.2, 0) is 5.41 Å². The molecular weight excluding hydrogens is 502 g/mol. The lowest BCUT2D eigenvalue weighted by Gasteiger charge is -2.34. The van der Waals surface area contributed by atoms with E-state index in [0.29, 0.717) is 30.2 Å². The lowest BCUT2D eigenvalue weighted by molar-refractivity contribution is -0.347. The van der Waals surface area contributed by atoms with Gasteiger partial charge in [0.05, 0.1) is 6.61 Å². The fraction of sp³-hybridized carbons (Fsp3) is 0.481. The maximum atomic E-state index is 13.0. The molecule has 1 unspecified atom stereocenters. The van der Waals surface area contributed by atoms with Gasteiger partial charge in [0.1, 0.15) is 18.5 Å². The van der Waals surface area contributed by atoms with Crippen molar-refractivity contribution in [1.29, 1.82) is 0 Å². The van der Waals surface area contributed by atoms with Crippen molar-refractivity contribution in [1.82, 2.24) is 0 Å². The molecule has 0 fully saturated rings. The van der Waals surface area contributed by atoms with Crippen LogP contribution in [0.25, 0.3) is 6.08 Å². The van der Waals surface area contributed by atoms with E-state index in [0.717, 1.165) is 16.7 Å². The fourth-order valence-corrected chi connectivity index (χ4v) is 4.30. The van der Waals surface area contributed by atoms with Crippen molar-refractivity contribution in [2.45, 2.75) is 70.0 Å². The first-order chi connectivity index (χ1) is 17.1. The summed E-state index contributed by atoms with van der Waals surface area (Å²) in [6, 6.07) is 10.4. The predicted molar refractivity (Wildman–Crippen MR) is 128 cm³/mol. The molecule has 10 heteroatoms. The Kier molecular flexibility index (Phi) is 9.49. The van der Waals surface area contributed by atoms with Gasteiger partial charge in [0.2, 0.25) is 0 Å². The third kappa shape index (κ3) is 6.30. The van der Waals surface area contributed by atoms with E-state index in [4.69, 9.17) is 9.84 Å². The summed E-state index contributed by atoms with van der Waals surface area (Å²) in [4.78, 5) is 0. The molecule has 206 valence electrons. The van der Waals surface area contributed by atoms with Gasteiger partial charge >= 0.3 is 12.4 Å². The van der Waals surface area contributed by atoms with Crippen molar-refractivity contribution in [3.63, 3.8) is 0 Å². The van der Waals surface area contributed by atoms with Crippen LogP contribution in [0.4, 0.5) is 26.3 Å². The van der Waals surface area contributed by atoms with Crippen LogP contribution in [0.15, 0.2) is 42.5 Å². The van der Waals surface area contributed by atoms with E-state index in [-0.39, 0.29) is 18.2 Å². The maximum Gasteiger partial charge on any atom is 0.430 e. The van der Waals surface area contributed by atoms with E-state index in [2.05, 4.69) is 0 Å². The Balaban J connectivity index is 2.47. The second kappa shape index (κ2) is 11.4. The van der Waals surface area contributed by atoms with Gasteiger partial charge in [-0.15, -0.1) is 0 Å². The van der Waals surface area contributed by atoms with Gasteiger partial charge in [-0.05, 0) is 66.6 Å². The first-order valence-electron chi connectivity index (χ1n) is 11.7. The summed E-state index contributed by atoms with van der Waals surface area (Å²) in [6.07, 6.45) is -11.2. The highest BCUT2D eigenvalue weighted by Gasteiger charge is 2.68. The number of alkyl halides is 6. The topological polar surface area (TPSA) is 69.9 Å². The Bertz CT molecular complexity index is 1070. The minimum atomic E-state index is -5.93. The molecule has 0 saturated heterocycles. The quantitative estimate of drug-likeness (QED) is 0.327. The number of rotatable bonds is 10. The van der Waals surface area contributed by atoms with E-state index >= 15 is 0 Å². The molecule has 2 aromatic rings. The minimum Gasteiger partial charge on any atom is -0.491 e. The smallest absolute Gasteiger partial charge is 0.430 e. The summed E-state index contributed by atoms with van der Waals surface area (Å²) in [6.45, 7) is 6.88. The lowest BCUT2D eigenvalue weighted by Crippen LogP contribution is -2.55. The zero-order chi connectivity index (χ0) is 28.2. The monoisotopic (exact) mass is 534 g/mol. The van der Waals surface area contributed by atoms with Crippen molar-refractivity contribution in [2.75, 3.05) is 13.2 Å². The molecule has 2 aromatic carbocycles. The Hall–Kier alpha value is -2.56. The SMILES string of the molecule is CCC(CC)(c1ccc(C=CC(O)(C(F)(F)F)C(F)(F)F)c(C)c1)c1ccc(OCC(O)CO)c(C)c1. The number of ether oxygens (including phenoxy) is 1. The molecule has 3 N–H and O–H groups in total. The molecular formula is C27H32F6O4. The molecule has 2 rings (SSSR count). The third-order valence-electron chi connectivity index (χ3n) is 6.77. The molecule has 0 heterocycles. The highest BCUT2D eigenvalue weighted by atomic mass is 19.4. The molecule has 0 aromatic heterocycles. The number of aliphatic hydroxyl groups is 3. The van der Waals surface area contributed by atoms with Gasteiger partial charge < -0.3 is 20.1 Å². The summed E-state index contributed by atoms with van der Waals surface area (Å²) < 4.78 is 83.7. The van der Waals surface area contributed by atoms with E-state index in [1.54, 1.807) is 25.1 Å². The number of aliphatic hydroxyl groups excluding tert-OH is 2. The summed E-state index contributed by atoms with van der Waals surface area (Å²) in [5.41, 5.74) is -2.34. The van der Waals surface area contributed by atoms with Crippen LogP contribution < -0.4 is 4.74 Å². The highest BCUT2D eigenvalue weighted by Crippen LogP contribution is 2.45. The Morgan fingerprint density at radius 3 is 1.81 bits per heavy atom. The molecule has 1 atom stereocenters. The first kappa shape index (κ1) is 30.7. The average molecular weight is 535 g/mol. The number of hydrogen-bond acceptors (Lipinski definition) is 4. The molecule has 4 nitrogen and oxygen atoms in total. The molecule has 37 heavy (non-hydrogen) atoms. The number of halogens is 6. The summed E-state index contributed by atoms with van der Waals surface area (Å²) in [7, 11) is 0. The van der Waals surface area contributed by atoms with Crippen molar-refractivity contribution in [3.05, 3.63) is 70.3 Å². The van der Waals surface area contributed by atoms with Gasteiger partial charge in [-0.1, -0.05) is 50.3 Å². The van der Waals surface area contributed by atoms with Crippen LogP contribution >= 0.6 is 0 Å². The van der Waals surface area contributed by atoms with E-state index in [9.17, 15) is 36.6 Å². The van der Waals surface area contributed by atoms with E-state index in [1.165, 1.54) is 6.07 Å². The zero-order valence-corrected chi connectivity index (χ0v) is 21.0. The van der Waals surface area contributed by atoms with Crippen LogP contribution in [0.2, 0.25) is 0 Å². The molecule has 0 spiro atoms. The van der Waals surface area contributed by atoms with E-state index < -0.39 is 36.1 Å². The summed E-state index contributed by atoms with van der Waals surface area (Å²) >= 11 is 0. The lowest BCUT2D eigenvalue weighted by atomic mass is 9.70. The van der Waals surface area contributed by atoms with Crippen LogP contribution in [-0.4, -0.2) is 52.6 Å². The van der Waals surface area contributed by atoms with Gasteiger partial charge in [-0.3, -0.25) is 0 Å². The molecule has 0 aliphatic carbocycles. The van der Waals surface area contributed by atoms with Crippen molar-refractivity contribution in [2.24, 2.45) is 0 Å².